The normalized spacial score (nSPS) is 14.5. The molecule has 5 heteroatoms. The molecule has 0 bridgehead atoms. The van der Waals surface area contributed by atoms with E-state index >= 15 is 0 Å². The molecule has 0 fully saturated rings. The van der Waals surface area contributed by atoms with Crippen LogP contribution in [0.1, 0.15) is 17.5 Å². The van der Waals surface area contributed by atoms with Crippen molar-refractivity contribution in [3.8, 4) is 0 Å². The van der Waals surface area contributed by atoms with E-state index in [1.165, 1.54) is 11.6 Å². The highest BCUT2D eigenvalue weighted by molar-refractivity contribution is 6.31. The molecule has 1 aliphatic rings. The van der Waals surface area contributed by atoms with Crippen LogP contribution in [0.4, 0.5) is 4.39 Å². The molecule has 2 aromatic carbocycles. The Morgan fingerprint density at radius 2 is 2.08 bits per heavy atom. The zero-order valence-corrected chi connectivity index (χ0v) is 14.9. The van der Waals surface area contributed by atoms with Crippen LogP contribution >= 0.6 is 11.6 Å². The van der Waals surface area contributed by atoms with Gasteiger partial charge < -0.3 is 9.88 Å². The molecule has 0 saturated carbocycles. The lowest BCUT2D eigenvalue weighted by Crippen LogP contribution is -2.35. The standard InChI is InChI=1S/C21H18ClFN2O/c22-16-5-6-20-17(12-16)18(13-24-20)14-7-9-25(10-8-14)21(26)11-15-3-1-2-4-19(15)23/h1-7,12-13,24H,8-11H2. The van der Waals surface area contributed by atoms with E-state index < -0.39 is 0 Å². The maximum absolute atomic E-state index is 13.7. The molecule has 0 saturated heterocycles. The summed E-state index contributed by atoms with van der Waals surface area (Å²) in [4.78, 5) is 17.5. The summed E-state index contributed by atoms with van der Waals surface area (Å²) in [7, 11) is 0. The van der Waals surface area contributed by atoms with E-state index in [1.807, 2.05) is 24.4 Å². The van der Waals surface area contributed by atoms with Gasteiger partial charge in [-0.25, -0.2) is 4.39 Å². The second-order valence-corrected chi connectivity index (χ2v) is 6.92. The molecule has 1 amide bonds. The van der Waals surface area contributed by atoms with E-state index in [-0.39, 0.29) is 18.1 Å². The summed E-state index contributed by atoms with van der Waals surface area (Å²) in [5, 5.41) is 1.80. The number of nitrogens with zero attached hydrogens (tertiary/aromatic N) is 1. The lowest BCUT2D eigenvalue weighted by molar-refractivity contribution is -0.130. The van der Waals surface area contributed by atoms with Crippen molar-refractivity contribution in [2.45, 2.75) is 12.8 Å². The Kier molecular flexibility index (Phi) is 4.51. The summed E-state index contributed by atoms with van der Waals surface area (Å²) in [6, 6.07) is 12.2. The van der Waals surface area contributed by atoms with Crippen LogP contribution in [-0.2, 0) is 11.2 Å². The maximum atomic E-state index is 13.7. The number of benzene rings is 2. The molecule has 0 unspecified atom stereocenters. The molecule has 4 rings (SSSR count). The highest BCUT2D eigenvalue weighted by Crippen LogP contribution is 2.31. The quantitative estimate of drug-likeness (QED) is 0.707. The fraction of sp³-hybridized carbons (Fsp3) is 0.190. The van der Waals surface area contributed by atoms with Crippen LogP contribution in [0.25, 0.3) is 16.5 Å². The summed E-state index contributed by atoms with van der Waals surface area (Å²) in [5.74, 6) is -0.378. The minimum atomic E-state index is -0.329. The molecular formula is C21H18ClFN2O. The number of carbonyl (C=O) groups excluding carboxylic acids is 1. The molecular weight excluding hydrogens is 351 g/mol. The Morgan fingerprint density at radius 1 is 1.23 bits per heavy atom. The first-order valence-electron chi connectivity index (χ1n) is 8.59. The fourth-order valence-electron chi connectivity index (χ4n) is 3.42. The van der Waals surface area contributed by atoms with E-state index in [4.69, 9.17) is 11.6 Å². The van der Waals surface area contributed by atoms with E-state index in [0.29, 0.717) is 23.7 Å². The molecule has 0 atom stereocenters. The van der Waals surface area contributed by atoms with E-state index in [9.17, 15) is 9.18 Å². The lowest BCUT2D eigenvalue weighted by atomic mass is 9.98. The second kappa shape index (κ2) is 6.96. The van der Waals surface area contributed by atoms with Crippen LogP contribution in [0.3, 0.4) is 0 Å². The molecule has 3 nitrogen and oxygen atoms in total. The van der Waals surface area contributed by atoms with E-state index in [0.717, 1.165) is 22.9 Å². The number of halogens is 2. The van der Waals surface area contributed by atoms with Crippen molar-refractivity contribution in [2.24, 2.45) is 0 Å². The van der Waals surface area contributed by atoms with Crippen LogP contribution in [-0.4, -0.2) is 28.9 Å². The number of fused-ring (bicyclic) bond motifs is 1. The van der Waals surface area contributed by atoms with Crippen molar-refractivity contribution in [2.75, 3.05) is 13.1 Å². The Balaban J connectivity index is 1.50. The third kappa shape index (κ3) is 3.25. The van der Waals surface area contributed by atoms with Gasteiger partial charge in [0.25, 0.3) is 0 Å². The van der Waals surface area contributed by atoms with Gasteiger partial charge in [-0.1, -0.05) is 35.9 Å². The fourth-order valence-corrected chi connectivity index (χ4v) is 3.59. The van der Waals surface area contributed by atoms with E-state index in [1.54, 1.807) is 23.1 Å². The topological polar surface area (TPSA) is 36.1 Å². The van der Waals surface area contributed by atoms with Gasteiger partial charge in [-0.05, 0) is 41.8 Å². The number of amides is 1. The Morgan fingerprint density at radius 3 is 2.85 bits per heavy atom. The summed E-state index contributed by atoms with van der Waals surface area (Å²) in [6.07, 6.45) is 4.93. The van der Waals surface area contributed by atoms with Gasteiger partial charge in [0.05, 0.1) is 6.42 Å². The van der Waals surface area contributed by atoms with Crippen LogP contribution in [0, 0.1) is 5.82 Å². The Labute approximate surface area is 156 Å². The number of nitrogens with one attached hydrogen (secondary N) is 1. The van der Waals surface area contributed by atoms with Crippen LogP contribution in [0.15, 0.2) is 54.7 Å². The summed E-state index contributed by atoms with van der Waals surface area (Å²) < 4.78 is 13.7. The number of H-pyrrole nitrogens is 1. The highest BCUT2D eigenvalue weighted by Gasteiger charge is 2.20. The summed E-state index contributed by atoms with van der Waals surface area (Å²) >= 11 is 6.12. The number of aromatic amines is 1. The number of hydrogen-bond donors (Lipinski definition) is 1. The average Bonchev–Trinajstić information content (AvgIpc) is 3.06. The molecule has 1 aliphatic heterocycles. The minimum Gasteiger partial charge on any atom is -0.361 e. The number of hydrogen-bond acceptors (Lipinski definition) is 1. The van der Waals surface area contributed by atoms with Gasteiger partial charge in [0.2, 0.25) is 5.91 Å². The monoisotopic (exact) mass is 368 g/mol. The third-order valence-corrected chi connectivity index (χ3v) is 5.09. The van der Waals surface area contributed by atoms with Crippen LogP contribution in [0.2, 0.25) is 5.02 Å². The van der Waals surface area contributed by atoms with Crippen LogP contribution in [0.5, 0.6) is 0 Å². The number of rotatable bonds is 3. The van der Waals surface area contributed by atoms with Crippen LogP contribution < -0.4 is 0 Å². The molecule has 0 spiro atoms. The second-order valence-electron chi connectivity index (χ2n) is 6.48. The number of aromatic nitrogens is 1. The molecule has 26 heavy (non-hydrogen) atoms. The van der Waals surface area contributed by atoms with Gasteiger partial charge in [0, 0.05) is 40.8 Å². The summed E-state index contributed by atoms with van der Waals surface area (Å²) in [6.45, 7) is 1.17. The highest BCUT2D eigenvalue weighted by atomic mass is 35.5. The number of carbonyl (C=O) groups is 1. The first kappa shape index (κ1) is 16.9. The van der Waals surface area contributed by atoms with Crippen molar-refractivity contribution in [1.82, 2.24) is 9.88 Å². The first-order chi connectivity index (χ1) is 12.6. The average molecular weight is 369 g/mol. The third-order valence-electron chi connectivity index (χ3n) is 4.85. The first-order valence-corrected chi connectivity index (χ1v) is 8.97. The molecule has 1 N–H and O–H groups in total. The zero-order chi connectivity index (χ0) is 18.1. The van der Waals surface area contributed by atoms with Crippen molar-refractivity contribution < 1.29 is 9.18 Å². The molecule has 3 aromatic rings. The predicted octanol–water partition coefficient (Wildman–Crippen LogP) is 4.82. The van der Waals surface area contributed by atoms with Gasteiger partial charge in [-0.3, -0.25) is 4.79 Å². The van der Waals surface area contributed by atoms with Gasteiger partial charge in [-0.15, -0.1) is 0 Å². The van der Waals surface area contributed by atoms with Gasteiger partial charge in [0.1, 0.15) is 5.82 Å². The smallest absolute Gasteiger partial charge is 0.227 e. The lowest BCUT2D eigenvalue weighted by Gasteiger charge is -2.26. The van der Waals surface area contributed by atoms with Gasteiger partial charge in [-0.2, -0.15) is 0 Å². The summed E-state index contributed by atoms with van der Waals surface area (Å²) in [5.41, 5.74) is 3.82. The largest absolute Gasteiger partial charge is 0.361 e. The molecule has 0 aliphatic carbocycles. The van der Waals surface area contributed by atoms with Crippen molar-refractivity contribution in [3.05, 3.63) is 76.7 Å². The Hall–Kier alpha value is -2.59. The van der Waals surface area contributed by atoms with Gasteiger partial charge >= 0.3 is 0 Å². The predicted molar refractivity (Wildman–Crippen MR) is 103 cm³/mol. The van der Waals surface area contributed by atoms with Gasteiger partial charge in [0.15, 0.2) is 0 Å². The minimum absolute atomic E-state index is 0.0487. The maximum Gasteiger partial charge on any atom is 0.227 e. The van der Waals surface area contributed by atoms with Crippen molar-refractivity contribution in [1.29, 1.82) is 0 Å². The zero-order valence-electron chi connectivity index (χ0n) is 14.1. The molecule has 132 valence electrons. The Bertz CT molecular complexity index is 1010. The molecule has 2 heterocycles. The van der Waals surface area contributed by atoms with Crippen molar-refractivity contribution in [3.63, 3.8) is 0 Å². The van der Waals surface area contributed by atoms with E-state index in [2.05, 4.69) is 11.1 Å². The SMILES string of the molecule is O=C(Cc1ccccc1F)N1CC=C(c2c[nH]c3ccc(Cl)cc23)CC1. The molecule has 0 radical (unpaired) electrons. The molecule has 1 aromatic heterocycles. The van der Waals surface area contributed by atoms with Crippen molar-refractivity contribution >= 4 is 34.0 Å².